The van der Waals surface area contributed by atoms with E-state index in [1.165, 1.54) is 12.1 Å². The fraction of sp³-hybridized carbons (Fsp3) is 0. The van der Waals surface area contributed by atoms with Crippen molar-refractivity contribution in [3.63, 3.8) is 0 Å². The summed E-state index contributed by atoms with van der Waals surface area (Å²) in [6.45, 7) is 0. The van der Waals surface area contributed by atoms with Gasteiger partial charge in [-0.05, 0) is 52.9 Å². The number of halogens is 3. The number of carbonyl (C=O) groups excluding carboxylic acids is 1. The minimum Gasteiger partial charge on any atom is -0.319 e. The number of carbonyl (C=O) groups is 1. The summed E-state index contributed by atoms with van der Waals surface area (Å²) in [6.07, 6.45) is 0. The maximum Gasteiger partial charge on any atom is 0.257 e. The maximum atomic E-state index is 13.6. The Bertz CT molecular complexity index is 603. The van der Waals surface area contributed by atoms with Crippen LogP contribution in [0.25, 0.3) is 0 Å². The molecule has 18 heavy (non-hydrogen) atoms. The zero-order chi connectivity index (χ0) is 13.1. The van der Waals surface area contributed by atoms with Crippen molar-refractivity contribution < 1.29 is 9.18 Å². The molecule has 0 radical (unpaired) electrons. The minimum absolute atomic E-state index is 0.139. The van der Waals surface area contributed by atoms with Gasteiger partial charge < -0.3 is 5.32 Å². The predicted octanol–water partition coefficient (Wildman–Crippen LogP) is 4.34. The second-order valence-corrected chi connectivity index (χ2v) is 5.21. The summed E-state index contributed by atoms with van der Waals surface area (Å²) in [5.41, 5.74) is 0.456. The highest BCUT2D eigenvalue weighted by molar-refractivity contribution is 14.1. The third-order valence-electron chi connectivity index (χ3n) is 2.30. The minimum atomic E-state index is -0.470. The van der Waals surface area contributed by atoms with E-state index in [4.69, 9.17) is 11.6 Å². The van der Waals surface area contributed by atoms with E-state index in [-0.39, 0.29) is 5.69 Å². The molecule has 2 rings (SSSR count). The molecule has 0 aliphatic heterocycles. The lowest BCUT2D eigenvalue weighted by molar-refractivity contribution is 0.102. The van der Waals surface area contributed by atoms with Crippen LogP contribution in [0.2, 0.25) is 5.02 Å². The third kappa shape index (κ3) is 3.00. The Balaban J connectivity index is 2.24. The van der Waals surface area contributed by atoms with Crippen molar-refractivity contribution in [2.24, 2.45) is 0 Å². The fourth-order valence-electron chi connectivity index (χ4n) is 1.43. The molecular formula is C13H8ClFINO. The second-order valence-electron chi connectivity index (χ2n) is 3.56. The van der Waals surface area contributed by atoms with Gasteiger partial charge in [-0.15, -0.1) is 0 Å². The SMILES string of the molecule is O=C(Nc1ccc(I)cc1F)c1ccccc1Cl. The van der Waals surface area contributed by atoms with Gasteiger partial charge in [0.05, 0.1) is 16.3 Å². The molecular weight excluding hydrogens is 368 g/mol. The summed E-state index contributed by atoms with van der Waals surface area (Å²) < 4.78 is 14.3. The maximum absolute atomic E-state index is 13.6. The average molecular weight is 376 g/mol. The van der Waals surface area contributed by atoms with Crippen molar-refractivity contribution in [1.29, 1.82) is 0 Å². The molecule has 0 spiro atoms. The molecule has 0 aliphatic carbocycles. The van der Waals surface area contributed by atoms with Crippen LogP contribution in [0.15, 0.2) is 42.5 Å². The van der Waals surface area contributed by atoms with Gasteiger partial charge in [-0.1, -0.05) is 23.7 Å². The van der Waals surface area contributed by atoms with E-state index in [9.17, 15) is 9.18 Å². The van der Waals surface area contributed by atoms with Crippen LogP contribution in [0, 0.1) is 9.39 Å². The van der Waals surface area contributed by atoms with E-state index in [0.717, 1.165) is 3.57 Å². The van der Waals surface area contributed by atoms with E-state index in [1.807, 2.05) is 22.6 Å². The monoisotopic (exact) mass is 375 g/mol. The first-order valence-corrected chi connectivity index (χ1v) is 6.54. The van der Waals surface area contributed by atoms with Crippen molar-refractivity contribution in [1.82, 2.24) is 0 Å². The largest absolute Gasteiger partial charge is 0.319 e. The van der Waals surface area contributed by atoms with Gasteiger partial charge in [0, 0.05) is 3.57 Å². The van der Waals surface area contributed by atoms with E-state index >= 15 is 0 Å². The fourth-order valence-corrected chi connectivity index (χ4v) is 2.10. The Morgan fingerprint density at radius 1 is 1.22 bits per heavy atom. The van der Waals surface area contributed by atoms with Gasteiger partial charge >= 0.3 is 0 Å². The van der Waals surface area contributed by atoms with Gasteiger partial charge in [0.2, 0.25) is 0 Å². The van der Waals surface area contributed by atoms with E-state index in [0.29, 0.717) is 10.6 Å². The molecule has 0 unspecified atom stereocenters. The van der Waals surface area contributed by atoms with Gasteiger partial charge in [-0.3, -0.25) is 4.79 Å². The van der Waals surface area contributed by atoms with Crippen molar-refractivity contribution in [2.75, 3.05) is 5.32 Å². The molecule has 2 aromatic rings. The predicted molar refractivity (Wildman–Crippen MR) is 78.5 cm³/mol. The van der Waals surface area contributed by atoms with Crippen LogP contribution in [-0.4, -0.2) is 5.91 Å². The highest BCUT2D eigenvalue weighted by atomic mass is 127. The number of nitrogens with one attached hydrogen (secondary N) is 1. The molecule has 0 aromatic heterocycles. The van der Waals surface area contributed by atoms with E-state index in [1.54, 1.807) is 30.3 Å². The Kier molecular flexibility index (Phi) is 4.19. The molecule has 0 aliphatic rings. The first-order chi connectivity index (χ1) is 8.58. The molecule has 1 N–H and O–H groups in total. The van der Waals surface area contributed by atoms with Crippen LogP contribution in [0.4, 0.5) is 10.1 Å². The molecule has 92 valence electrons. The number of anilines is 1. The highest BCUT2D eigenvalue weighted by Crippen LogP contribution is 2.20. The van der Waals surface area contributed by atoms with Crippen molar-refractivity contribution in [3.8, 4) is 0 Å². The van der Waals surface area contributed by atoms with Crippen molar-refractivity contribution >= 4 is 45.8 Å². The highest BCUT2D eigenvalue weighted by Gasteiger charge is 2.12. The molecule has 0 saturated heterocycles. The summed E-state index contributed by atoms with van der Waals surface area (Å²) in [5.74, 6) is -0.900. The van der Waals surface area contributed by atoms with Gasteiger partial charge in [-0.25, -0.2) is 4.39 Å². The van der Waals surface area contributed by atoms with E-state index < -0.39 is 11.7 Å². The number of rotatable bonds is 2. The Labute approximate surface area is 122 Å². The standard InChI is InChI=1S/C13H8ClFINO/c14-10-4-2-1-3-9(10)13(18)17-12-6-5-8(16)7-11(12)15/h1-7H,(H,17,18). The van der Waals surface area contributed by atoms with Crippen molar-refractivity contribution in [2.45, 2.75) is 0 Å². The number of hydrogen-bond acceptors (Lipinski definition) is 1. The number of benzene rings is 2. The lowest BCUT2D eigenvalue weighted by Gasteiger charge is -2.07. The topological polar surface area (TPSA) is 29.1 Å². The summed E-state index contributed by atoms with van der Waals surface area (Å²) in [4.78, 5) is 11.9. The lowest BCUT2D eigenvalue weighted by atomic mass is 10.2. The first-order valence-electron chi connectivity index (χ1n) is 5.09. The van der Waals surface area contributed by atoms with Crippen LogP contribution in [0.5, 0.6) is 0 Å². The second kappa shape index (κ2) is 5.67. The Morgan fingerprint density at radius 3 is 2.61 bits per heavy atom. The molecule has 0 saturated carbocycles. The lowest BCUT2D eigenvalue weighted by Crippen LogP contribution is -2.13. The third-order valence-corrected chi connectivity index (χ3v) is 3.30. The van der Waals surface area contributed by atoms with Crippen LogP contribution in [0.3, 0.4) is 0 Å². The number of amides is 1. The Hall–Kier alpha value is -1.14. The summed E-state index contributed by atoms with van der Waals surface area (Å²) in [7, 11) is 0. The van der Waals surface area contributed by atoms with Gasteiger partial charge in [0.1, 0.15) is 5.82 Å². The van der Waals surface area contributed by atoms with E-state index in [2.05, 4.69) is 5.32 Å². The quantitative estimate of drug-likeness (QED) is 0.778. The normalized spacial score (nSPS) is 10.2. The summed E-state index contributed by atoms with van der Waals surface area (Å²) >= 11 is 7.89. The smallest absolute Gasteiger partial charge is 0.257 e. The molecule has 1 amide bonds. The van der Waals surface area contributed by atoms with Gasteiger partial charge in [-0.2, -0.15) is 0 Å². The van der Waals surface area contributed by atoms with Crippen molar-refractivity contribution in [3.05, 3.63) is 62.4 Å². The zero-order valence-electron chi connectivity index (χ0n) is 9.08. The molecule has 5 heteroatoms. The number of hydrogen-bond donors (Lipinski definition) is 1. The van der Waals surface area contributed by atoms with Gasteiger partial charge in [0.25, 0.3) is 5.91 Å². The molecule has 0 bridgehead atoms. The zero-order valence-corrected chi connectivity index (χ0v) is 12.0. The van der Waals surface area contributed by atoms with Crippen LogP contribution < -0.4 is 5.32 Å². The van der Waals surface area contributed by atoms with Crippen LogP contribution in [-0.2, 0) is 0 Å². The van der Waals surface area contributed by atoms with Gasteiger partial charge in [0.15, 0.2) is 0 Å². The summed E-state index contributed by atoms with van der Waals surface area (Å²) in [6, 6.07) is 11.2. The average Bonchev–Trinajstić information content (AvgIpc) is 2.33. The molecule has 0 fully saturated rings. The Morgan fingerprint density at radius 2 is 1.94 bits per heavy atom. The molecule has 0 heterocycles. The molecule has 2 nitrogen and oxygen atoms in total. The molecule has 0 atom stereocenters. The summed E-state index contributed by atoms with van der Waals surface area (Å²) in [5, 5.41) is 2.83. The van der Waals surface area contributed by atoms with Crippen LogP contribution >= 0.6 is 34.2 Å². The first kappa shape index (κ1) is 13.3. The molecule has 2 aromatic carbocycles. The van der Waals surface area contributed by atoms with Crippen LogP contribution in [0.1, 0.15) is 10.4 Å².